The van der Waals surface area contributed by atoms with E-state index in [1.165, 1.54) is 17.7 Å². The van der Waals surface area contributed by atoms with Gasteiger partial charge in [-0.15, -0.1) is 0 Å². The first-order chi connectivity index (χ1) is 9.54. The van der Waals surface area contributed by atoms with Gasteiger partial charge in [-0.1, -0.05) is 44.2 Å². The maximum atomic E-state index is 11.7. The summed E-state index contributed by atoms with van der Waals surface area (Å²) >= 11 is 6.63. The Labute approximate surface area is 130 Å². The summed E-state index contributed by atoms with van der Waals surface area (Å²) in [5.74, 6) is 0.147. The number of imide groups is 1. The fourth-order valence-corrected chi connectivity index (χ4v) is 3.79. The van der Waals surface area contributed by atoms with E-state index in [2.05, 4.69) is 18.7 Å². The summed E-state index contributed by atoms with van der Waals surface area (Å²) in [6.07, 6.45) is 5.64. The van der Waals surface area contributed by atoms with Crippen LogP contribution in [0.1, 0.15) is 46.0 Å². The SMILES string of the molecule is CCCCN(C(=S)CN1C(=O)CSC1=O)C1(CC)CC1. The highest BCUT2D eigenvalue weighted by Crippen LogP contribution is 2.45. The van der Waals surface area contributed by atoms with Gasteiger partial charge in [0.15, 0.2) is 0 Å². The van der Waals surface area contributed by atoms with Crippen LogP contribution in [-0.2, 0) is 4.79 Å². The van der Waals surface area contributed by atoms with E-state index < -0.39 is 0 Å². The van der Waals surface area contributed by atoms with E-state index in [1.54, 1.807) is 0 Å². The number of rotatable bonds is 7. The van der Waals surface area contributed by atoms with E-state index in [4.69, 9.17) is 12.2 Å². The van der Waals surface area contributed by atoms with E-state index in [-0.39, 0.29) is 29.0 Å². The molecule has 0 unspecified atom stereocenters. The van der Waals surface area contributed by atoms with Crippen LogP contribution in [0.5, 0.6) is 0 Å². The van der Waals surface area contributed by atoms with Crippen LogP contribution in [-0.4, -0.2) is 50.3 Å². The van der Waals surface area contributed by atoms with E-state index >= 15 is 0 Å². The second kappa shape index (κ2) is 6.43. The Morgan fingerprint density at radius 3 is 2.55 bits per heavy atom. The molecule has 2 rings (SSSR count). The Morgan fingerprint density at radius 1 is 1.40 bits per heavy atom. The minimum atomic E-state index is -0.158. The van der Waals surface area contributed by atoms with Crippen LogP contribution in [0, 0.1) is 0 Å². The lowest BCUT2D eigenvalue weighted by Crippen LogP contribution is -2.47. The van der Waals surface area contributed by atoms with E-state index in [1.807, 2.05) is 0 Å². The standard InChI is InChI=1S/C14H22N2O2S2/c1-3-5-8-16(14(4-2)6-7-14)12(19)9-15-11(17)10-20-13(15)18/h3-10H2,1-2H3. The molecular weight excluding hydrogens is 292 g/mol. The monoisotopic (exact) mass is 314 g/mol. The van der Waals surface area contributed by atoms with Gasteiger partial charge in [0.25, 0.3) is 5.24 Å². The number of hydrogen-bond acceptors (Lipinski definition) is 4. The average Bonchev–Trinajstić information content (AvgIpc) is 3.17. The van der Waals surface area contributed by atoms with Crippen molar-refractivity contribution in [2.24, 2.45) is 0 Å². The molecule has 1 saturated heterocycles. The molecule has 20 heavy (non-hydrogen) atoms. The molecule has 1 aliphatic carbocycles. The van der Waals surface area contributed by atoms with Gasteiger partial charge in [0, 0.05) is 12.1 Å². The van der Waals surface area contributed by atoms with Crippen molar-refractivity contribution >= 4 is 40.1 Å². The lowest BCUT2D eigenvalue weighted by atomic mass is 10.1. The second-order valence-corrected chi connectivity index (χ2v) is 6.91. The molecule has 0 bridgehead atoms. The number of amides is 2. The van der Waals surface area contributed by atoms with Gasteiger partial charge < -0.3 is 4.90 Å². The summed E-state index contributed by atoms with van der Waals surface area (Å²) in [7, 11) is 0. The van der Waals surface area contributed by atoms with Crippen LogP contribution in [0.4, 0.5) is 4.79 Å². The number of thioether (sulfide) groups is 1. The Hall–Kier alpha value is -0.620. The van der Waals surface area contributed by atoms with Crippen molar-refractivity contribution in [2.45, 2.75) is 51.5 Å². The maximum Gasteiger partial charge on any atom is 0.289 e. The van der Waals surface area contributed by atoms with Crippen LogP contribution in [0.15, 0.2) is 0 Å². The van der Waals surface area contributed by atoms with Crippen molar-refractivity contribution < 1.29 is 9.59 Å². The zero-order valence-electron chi connectivity index (χ0n) is 12.2. The van der Waals surface area contributed by atoms with Crippen LogP contribution in [0.3, 0.4) is 0 Å². The Balaban J connectivity index is 2.03. The molecule has 2 aliphatic rings. The number of nitrogens with zero attached hydrogens (tertiary/aromatic N) is 2. The lowest BCUT2D eigenvalue weighted by Gasteiger charge is -2.35. The third-order valence-corrected chi connectivity index (χ3v) is 5.44. The quantitative estimate of drug-likeness (QED) is 0.676. The van der Waals surface area contributed by atoms with Crippen molar-refractivity contribution in [3.8, 4) is 0 Å². The molecule has 0 spiro atoms. The smallest absolute Gasteiger partial charge is 0.289 e. The summed E-state index contributed by atoms with van der Waals surface area (Å²) in [6, 6.07) is 0. The summed E-state index contributed by atoms with van der Waals surface area (Å²) in [4.78, 5) is 27.7. The Morgan fingerprint density at radius 2 is 2.10 bits per heavy atom. The van der Waals surface area contributed by atoms with Crippen molar-refractivity contribution in [2.75, 3.05) is 18.8 Å². The molecule has 0 aromatic carbocycles. The number of carbonyl (C=O) groups is 2. The normalized spacial score (nSPS) is 20.4. The zero-order chi connectivity index (χ0) is 14.8. The Kier molecular flexibility index (Phi) is 5.07. The third kappa shape index (κ3) is 3.17. The van der Waals surface area contributed by atoms with Crippen molar-refractivity contribution in [3.05, 3.63) is 0 Å². The van der Waals surface area contributed by atoms with Gasteiger partial charge in [-0.3, -0.25) is 14.5 Å². The lowest BCUT2D eigenvalue weighted by molar-refractivity contribution is -0.124. The van der Waals surface area contributed by atoms with Crippen molar-refractivity contribution in [1.29, 1.82) is 0 Å². The van der Waals surface area contributed by atoms with Gasteiger partial charge in [0.05, 0.1) is 17.3 Å². The molecule has 0 aromatic heterocycles. The molecule has 0 N–H and O–H groups in total. The fraction of sp³-hybridized carbons (Fsp3) is 0.786. The summed E-state index contributed by atoms with van der Waals surface area (Å²) in [5.41, 5.74) is 0.200. The van der Waals surface area contributed by atoms with Gasteiger partial charge in [0.2, 0.25) is 5.91 Å². The molecule has 1 saturated carbocycles. The van der Waals surface area contributed by atoms with Crippen LogP contribution in [0.2, 0.25) is 0 Å². The highest BCUT2D eigenvalue weighted by molar-refractivity contribution is 8.14. The highest BCUT2D eigenvalue weighted by Gasteiger charge is 2.47. The summed E-state index contributed by atoms with van der Waals surface area (Å²) in [6.45, 7) is 5.57. The van der Waals surface area contributed by atoms with Gasteiger partial charge in [-0.05, 0) is 25.7 Å². The molecule has 6 heteroatoms. The van der Waals surface area contributed by atoms with Crippen molar-refractivity contribution in [3.63, 3.8) is 0 Å². The van der Waals surface area contributed by atoms with Gasteiger partial charge in [-0.2, -0.15) is 0 Å². The predicted molar refractivity (Wildman–Crippen MR) is 86.0 cm³/mol. The van der Waals surface area contributed by atoms with Gasteiger partial charge in [-0.25, -0.2) is 0 Å². The molecule has 0 aromatic rings. The average molecular weight is 314 g/mol. The summed E-state index contributed by atoms with van der Waals surface area (Å²) < 4.78 is 0. The van der Waals surface area contributed by atoms with Crippen LogP contribution < -0.4 is 0 Å². The molecule has 0 atom stereocenters. The minimum Gasteiger partial charge on any atom is -0.359 e. The third-order valence-electron chi connectivity index (χ3n) is 4.23. The van der Waals surface area contributed by atoms with Crippen molar-refractivity contribution in [1.82, 2.24) is 9.80 Å². The molecule has 2 amide bonds. The first-order valence-electron chi connectivity index (χ1n) is 7.31. The molecular formula is C14H22N2O2S2. The number of unbranched alkanes of at least 4 members (excludes halogenated alkanes) is 1. The number of carbonyl (C=O) groups excluding carboxylic acids is 2. The highest BCUT2D eigenvalue weighted by atomic mass is 32.2. The predicted octanol–water partition coefficient (Wildman–Crippen LogP) is 3.05. The van der Waals surface area contributed by atoms with E-state index in [9.17, 15) is 9.59 Å². The first-order valence-corrected chi connectivity index (χ1v) is 8.71. The molecule has 1 aliphatic heterocycles. The Bertz CT molecular complexity index is 405. The zero-order valence-corrected chi connectivity index (χ0v) is 13.8. The summed E-state index contributed by atoms with van der Waals surface area (Å²) in [5, 5.41) is -0.158. The molecule has 1 heterocycles. The van der Waals surface area contributed by atoms with E-state index in [0.29, 0.717) is 0 Å². The molecule has 0 radical (unpaired) electrons. The second-order valence-electron chi connectivity index (χ2n) is 5.51. The topological polar surface area (TPSA) is 40.6 Å². The number of hydrogen-bond donors (Lipinski definition) is 0. The van der Waals surface area contributed by atoms with Gasteiger partial charge >= 0.3 is 0 Å². The fourth-order valence-electron chi connectivity index (χ4n) is 2.66. The first kappa shape index (κ1) is 15.8. The van der Waals surface area contributed by atoms with Crippen LogP contribution >= 0.6 is 24.0 Å². The van der Waals surface area contributed by atoms with E-state index in [0.717, 1.165) is 42.6 Å². The van der Waals surface area contributed by atoms with Crippen LogP contribution in [0.25, 0.3) is 0 Å². The molecule has 2 fully saturated rings. The minimum absolute atomic E-state index is 0.112. The largest absolute Gasteiger partial charge is 0.359 e. The number of thiocarbonyl (C=S) groups is 1. The molecule has 4 nitrogen and oxygen atoms in total. The molecule has 112 valence electrons. The maximum absolute atomic E-state index is 11.7. The van der Waals surface area contributed by atoms with Gasteiger partial charge in [0.1, 0.15) is 0 Å².